The van der Waals surface area contributed by atoms with E-state index in [2.05, 4.69) is 0 Å². The lowest BCUT2D eigenvalue weighted by molar-refractivity contribution is -0.148. The van der Waals surface area contributed by atoms with Crippen LogP contribution in [0.2, 0.25) is 0 Å². The maximum absolute atomic E-state index is 12.9. The Balaban J connectivity index is 2.75. The van der Waals surface area contributed by atoms with Crippen molar-refractivity contribution in [3.05, 3.63) is 35.6 Å². The highest BCUT2D eigenvalue weighted by Crippen LogP contribution is 2.13. The van der Waals surface area contributed by atoms with E-state index in [0.29, 0.717) is 5.56 Å². The predicted octanol–water partition coefficient (Wildman–Crippen LogP) is 1.65. The molecule has 0 saturated heterocycles. The van der Waals surface area contributed by atoms with Gasteiger partial charge >= 0.3 is 5.97 Å². The fourth-order valence-corrected chi connectivity index (χ4v) is 1.44. The maximum atomic E-state index is 12.9. The molecule has 2 N–H and O–H groups in total. The summed E-state index contributed by atoms with van der Waals surface area (Å²) in [7, 11) is 0. The summed E-state index contributed by atoms with van der Waals surface area (Å²) >= 11 is 0. The van der Waals surface area contributed by atoms with Gasteiger partial charge < -0.3 is 10.5 Å². The van der Waals surface area contributed by atoms with Crippen LogP contribution in [-0.4, -0.2) is 18.1 Å². The van der Waals surface area contributed by atoms with Gasteiger partial charge in [-0.1, -0.05) is 12.1 Å². The molecular formula is C12H16FNO2. The van der Waals surface area contributed by atoms with Gasteiger partial charge in [0, 0.05) is 6.42 Å². The van der Waals surface area contributed by atoms with Crippen molar-refractivity contribution in [1.82, 2.24) is 0 Å². The fraction of sp³-hybridized carbons (Fsp3) is 0.417. The average molecular weight is 225 g/mol. The number of carbonyl (C=O) groups is 1. The lowest BCUT2D eigenvalue weighted by Gasteiger charge is -2.22. The molecule has 0 spiro atoms. The van der Waals surface area contributed by atoms with Gasteiger partial charge in [-0.25, -0.2) is 4.39 Å². The van der Waals surface area contributed by atoms with Crippen molar-refractivity contribution in [3.63, 3.8) is 0 Å². The quantitative estimate of drug-likeness (QED) is 0.793. The summed E-state index contributed by atoms with van der Waals surface area (Å²) in [4.78, 5) is 11.5. The minimum Gasteiger partial charge on any atom is -0.465 e. The van der Waals surface area contributed by atoms with Gasteiger partial charge in [-0.15, -0.1) is 0 Å². The molecule has 88 valence electrons. The molecule has 0 amide bonds. The molecule has 0 saturated carbocycles. The van der Waals surface area contributed by atoms with Gasteiger partial charge in [0.1, 0.15) is 11.4 Å². The molecule has 0 bridgehead atoms. The van der Waals surface area contributed by atoms with E-state index in [1.807, 2.05) is 0 Å². The number of rotatable bonds is 4. The topological polar surface area (TPSA) is 52.3 Å². The largest absolute Gasteiger partial charge is 0.465 e. The second kappa shape index (κ2) is 5.07. The smallest absolute Gasteiger partial charge is 0.326 e. The Morgan fingerprint density at radius 2 is 2.25 bits per heavy atom. The first kappa shape index (κ1) is 12.6. The van der Waals surface area contributed by atoms with E-state index < -0.39 is 11.5 Å². The molecule has 1 rings (SSSR count). The Morgan fingerprint density at radius 1 is 1.56 bits per heavy atom. The first-order valence-electron chi connectivity index (χ1n) is 5.16. The van der Waals surface area contributed by atoms with Gasteiger partial charge in [-0.3, -0.25) is 4.79 Å². The zero-order chi connectivity index (χ0) is 12.2. The van der Waals surface area contributed by atoms with Crippen LogP contribution in [-0.2, 0) is 16.0 Å². The van der Waals surface area contributed by atoms with Crippen molar-refractivity contribution < 1.29 is 13.9 Å². The summed E-state index contributed by atoms with van der Waals surface area (Å²) in [6.45, 7) is 3.58. The summed E-state index contributed by atoms with van der Waals surface area (Å²) in [5.74, 6) is -0.809. The molecule has 0 fully saturated rings. The van der Waals surface area contributed by atoms with E-state index in [4.69, 9.17) is 10.5 Å². The third-order valence-corrected chi connectivity index (χ3v) is 2.20. The predicted molar refractivity (Wildman–Crippen MR) is 59.3 cm³/mol. The zero-order valence-corrected chi connectivity index (χ0v) is 9.50. The van der Waals surface area contributed by atoms with E-state index >= 15 is 0 Å². The Bertz CT molecular complexity index is 377. The molecule has 0 aromatic heterocycles. The minimum atomic E-state index is -1.12. The third-order valence-electron chi connectivity index (χ3n) is 2.20. The number of nitrogens with two attached hydrogens (primary N) is 1. The Morgan fingerprint density at radius 3 is 2.81 bits per heavy atom. The van der Waals surface area contributed by atoms with E-state index in [1.54, 1.807) is 26.0 Å². The van der Waals surface area contributed by atoms with Crippen molar-refractivity contribution in [3.8, 4) is 0 Å². The molecule has 0 heterocycles. The summed E-state index contributed by atoms with van der Waals surface area (Å²) < 4.78 is 17.8. The standard InChI is InChI=1S/C12H16FNO2/c1-3-16-11(15)12(2,14)8-9-5-4-6-10(13)7-9/h4-7H,3,8,14H2,1-2H3/t12-/m0/s1. The van der Waals surface area contributed by atoms with Crippen molar-refractivity contribution >= 4 is 5.97 Å². The van der Waals surface area contributed by atoms with Gasteiger partial charge in [0.15, 0.2) is 0 Å². The lowest BCUT2D eigenvalue weighted by Crippen LogP contribution is -2.48. The first-order valence-corrected chi connectivity index (χ1v) is 5.16. The minimum absolute atomic E-state index is 0.254. The average Bonchev–Trinajstić information content (AvgIpc) is 2.17. The van der Waals surface area contributed by atoms with Crippen LogP contribution in [0.4, 0.5) is 4.39 Å². The van der Waals surface area contributed by atoms with Crippen LogP contribution < -0.4 is 5.73 Å². The van der Waals surface area contributed by atoms with E-state index in [-0.39, 0.29) is 18.8 Å². The number of esters is 1. The third kappa shape index (κ3) is 3.31. The van der Waals surface area contributed by atoms with Crippen molar-refractivity contribution in [1.29, 1.82) is 0 Å². The molecule has 0 radical (unpaired) electrons. The molecule has 0 aliphatic heterocycles. The normalized spacial score (nSPS) is 14.2. The van der Waals surface area contributed by atoms with Crippen LogP contribution >= 0.6 is 0 Å². The second-order valence-electron chi connectivity index (χ2n) is 3.94. The number of hydrogen-bond donors (Lipinski definition) is 1. The summed E-state index contributed by atoms with van der Waals surface area (Å²) in [5.41, 5.74) is 5.39. The van der Waals surface area contributed by atoms with Gasteiger partial charge in [0.05, 0.1) is 6.61 Å². The fourth-order valence-electron chi connectivity index (χ4n) is 1.44. The first-order chi connectivity index (χ1) is 7.45. The van der Waals surface area contributed by atoms with E-state index in [9.17, 15) is 9.18 Å². The van der Waals surface area contributed by atoms with Crippen molar-refractivity contribution in [2.75, 3.05) is 6.61 Å². The Kier molecular flexibility index (Phi) is 4.01. The molecule has 1 aromatic carbocycles. The molecule has 1 atom stereocenters. The lowest BCUT2D eigenvalue weighted by atomic mass is 9.94. The number of halogens is 1. The summed E-state index contributed by atoms with van der Waals surface area (Å²) in [6.07, 6.45) is 0.254. The van der Waals surface area contributed by atoms with Crippen molar-refractivity contribution in [2.45, 2.75) is 25.8 Å². The molecule has 3 nitrogen and oxygen atoms in total. The Hall–Kier alpha value is -1.42. The molecular weight excluding hydrogens is 209 g/mol. The van der Waals surface area contributed by atoms with Gasteiger partial charge in [0.2, 0.25) is 0 Å². The molecule has 4 heteroatoms. The maximum Gasteiger partial charge on any atom is 0.326 e. The van der Waals surface area contributed by atoms with Crippen LogP contribution in [0.25, 0.3) is 0 Å². The Labute approximate surface area is 94.4 Å². The van der Waals surface area contributed by atoms with E-state index in [0.717, 1.165) is 0 Å². The van der Waals surface area contributed by atoms with Gasteiger partial charge in [-0.2, -0.15) is 0 Å². The number of carbonyl (C=O) groups excluding carboxylic acids is 1. The highest BCUT2D eigenvalue weighted by Gasteiger charge is 2.30. The molecule has 0 aliphatic rings. The zero-order valence-electron chi connectivity index (χ0n) is 9.50. The summed E-state index contributed by atoms with van der Waals surface area (Å²) in [6, 6.07) is 6.03. The van der Waals surface area contributed by atoms with Gasteiger partial charge in [0.25, 0.3) is 0 Å². The van der Waals surface area contributed by atoms with Crippen LogP contribution in [0.3, 0.4) is 0 Å². The monoisotopic (exact) mass is 225 g/mol. The number of hydrogen-bond acceptors (Lipinski definition) is 3. The molecule has 0 aliphatic carbocycles. The number of benzene rings is 1. The number of ether oxygens (including phenoxy) is 1. The summed E-state index contributed by atoms with van der Waals surface area (Å²) in [5, 5.41) is 0. The van der Waals surface area contributed by atoms with Crippen LogP contribution in [0.15, 0.2) is 24.3 Å². The van der Waals surface area contributed by atoms with Crippen LogP contribution in [0.5, 0.6) is 0 Å². The van der Waals surface area contributed by atoms with Crippen LogP contribution in [0, 0.1) is 5.82 Å². The highest BCUT2D eigenvalue weighted by atomic mass is 19.1. The molecule has 16 heavy (non-hydrogen) atoms. The SMILES string of the molecule is CCOC(=O)[C@@](C)(N)Cc1cccc(F)c1. The van der Waals surface area contributed by atoms with Gasteiger partial charge in [-0.05, 0) is 31.5 Å². The van der Waals surface area contributed by atoms with Crippen LogP contribution in [0.1, 0.15) is 19.4 Å². The molecule has 1 aromatic rings. The second-order valence-corrected chi connectivity index (χ2v) is 3.94. The molecule has 0 unspecified atom stereocenters. The highest BCUT2D eigenvalue weighted by molar-refractivity contribution is 5.80. The van der Waals surface area contributed by atoms with Crippen molar-refractivity contribution in [2.24, 2.45) is 5.73 Å². The van der Waals surface area contributed by atoms with E-state index in [1.165, 1.54) is 12.1 Å².